The molecule has 5 nitrogen and oxygen atoms in total. The van der Waals surface area contributed by atoms with Gasteiger partial charge in [-0.25, -0.2) is 10.4 Å². The molecule has 156 valence electrons. The lowest BCUT2D eigenvalue weighted by atomic mass is 10.0. The summed E-state index contributed by atoms with van der Waals surface area (Å²) in [6, 6.07) is 20.1. The Morgan fingerprint density at radius 3 is 2.77 bits per heavy atom. The number of methoxy groups -OCH3 is 1. The summed E-state index contributed by atoms with van der Waals surface area (Å²) in [6.07, 6.45) is 1.63. The smallest absolute Gasteiger partial charge is 0.250 e. The van der Waals surface area contributed by atoms with E-state index in [9.17, 15) is 4.79 Å². The minimum Gasteiger partial charge on any atom is -0.496 e. The van der Waals surface area contributed by atoms with Crippen molar-refractivity contribution >= 4 is 45.6 Å². The summed E-state index contributed by atoms with van der Waals surface area (Å²) in [5.41, 5.74) is 6.73. The Labute approximate surface area is 185 Å². The molecule has 4 rings (SSSR count). The largest absolute Gasteiger partial charge is 0.496 e. The van der Waals surface area contributed by atoms with E-state index in [0.717, 1.165) is 37.8 Å². The molecule has 0 unspecified atom stereocenters. The Morgan fingerprint density at radius 1 is 1.10 bits per heavy atom. The number of ether oxygens (including phenoxy) is 1. The molecule has 0 aliphatic rings. The number of hydrogen-bond acceptors (Lipinski definition) is 5. The number of nitrogens with one attached hydrogen (secondary N) is 1. The van der Waals surface area contributed by atoms with E-state index in [-0.39, 0.29) is 11.7 Å². The molecule has 0 fully saturated rings. The first kappa shape index (κ1) is 20.9. The molecular formula is C25H23N3O2S. The van der Waals surface area contributed by atoms with Gasteiger partial charge in [0.25, 0.3) is 0 Å². The number of amides is 1. The standard InChI is InChI=1S/C25H23N3O2S/c1-16-8-10-22-20(12-16)17(2)13-25(27-22)31-15-24(29)28-26-14-21-19-7-5-4-6-18(19)9-11-23(21)30-3/h4-14H,15H2,1-3H3,(H,28,29)/b26-14+. The van der Waals surface area contributed by atoms with E-state index >= 15 is 0 Å². The minimum atomic E-state index is -0.191. The maximum absolute atomic E-state index is 12.3. The van der Waals surface area contributed by atoms with Gasteiger partial charge >= 0.3 is 0 Å². The summed E-state index contributed by atoms with van der Waals surface area (Å²) in [5.74, 6) is 0.745. The number of hydrazone groups is 1. The predicted molar refractivity (Wildman–Crippen MR) is 128 cm³/mol. The number of benzene rings is 3. The molecule has 1 aromatic heterocycles. The Balaban J connectivity index is 1.43. The second-order valence-electron chi connectivity index (χ2n) is 7.28. The van der Waals surface area contributed by atoms with Gasteiger partial charge in [-0.3, -0.25) is 4.79 Å². The highest BCUT2D eigenvalue weighted by Gasteiger charge is 2.08. The minimum absolute atomic E-state index is 0.191. The molecule has 0 aliphatic carbocycles. The van der Waals surface area contributed by atoms with Gasteiger partial charge in [0.05, 0.1) is 29.6 Å². The van der Waals surface area contributed by atoms with Crippen molar-refractivity contribution in [3.63, 3.8) is 0 Å². The first-order chi connectivity index (χ1) is 15.0. The van der Waals surface area contributed by atoms with Gasteiger partial charge in [0.2, 0.25) is 5.91 Å². The van der Waals surface area contributed by atoms with Gasteiger partial charge in [0.15, 0.2) is 0 Å². The van der Waals surface area contributed by atoms with Crippen LogP contribution in [0.25, 0.3) is 21.7 Å². The number of nitrogens with zero attached hydrogens (tertiary/aromatic N) is 2. The van der Waals surface area contributed by atoms with Crippen molar-refractivity contribution in [1.29, 1.82) is 0 Å². The zero-order valence-electron chi connectivity index (χ0n) is 17.7. The van der Waals surface area contributed by atoms with E-state index in [1.54, 1.807) is 13.3 Å². The summed E-state index contributed by atoms with van der Waals surface area (Å²) >= 11 is 1.40. The van der Waals surface area contributed by atoms with Gasteiger partial charge in [-0.2, -0.15) is 5.10 Å². The maximum atomic E-state index is 12.3. The Bertz CT molecular complexity index is 1300. The summed E-state index contributed by atoms with van der Waals surface area (Å²) in [7, 11) is 1.62. The SMILES string of the molecule is COc1ccc2ccccc2c1/C=N/NC(=O)CSc1cc(C)c2cc(C)ccc2n1. The predicted octanol–water partition coefficient (Wildman–Crippen LogP) is 5.26. The van der Waals surface area contributed by atoms with Gasteiger partial charge in [-0.1, -0.05) is 53.7 Å². The summed E-state index contributed by atoms with van der Waals surface area (Å²) < 4.78 is 5.45. The Morgan fingerprint density at radius 2 is 1.94 bits per heavy atom. The summed E-state index contributed by atoms with van der Waals surface area (Å²) in [5, 5.41) is 8.21. The average Bonchev–Trinajstić information content (AvgIpc) is 2.78. The first-order valence-corrected chi connectivity index (χ1v) is 10.9. The fourth-order valence-electron chi connectivity index (χ4n) is 3.48. The van der Waals surface area contributed by atoms with Crippen LogP contribution in [0.15, 0.2) is 70.8 Å². The van der Waals surface area contributed by atoms with Gasteiger partial charge in [0, 0.05) is 10.9 Å². The van der Waals surface area contributed by atoms with Crippen molar-refractivity contribution < 1.29 is 9.53 Å². The highest BCUT2D eigenvalue weighted by Crippen LogP contribution is 2.27. The molecule has 31 heavy (non-hydrogen) atoms. The van der Waals surface area contributed by atoms with Crippen LogP contribution < -0.4 is 10.2 Å². The maximum Gasteiger partial charge on any atom is 0.250 e. The van der Waals surface area contributed by atoms with Crippen molar-refractivity contribution in [3.05, 3.63) is 77.4 Å². The van der Waals surface area contributed by atoms with Crippen molar-refractivity contribution in [3.8, 4) is 5.75 Å². The van der Waals surface area contributed by atoms with Crippen LogP contribution in [0.5, 0.6) is 5.75 Å². The van der Waals surface area contributed by atoms with E-state index in [1.807, 2.05) is 54.6 Å². The monoisotopic (exact) mass is 429 g/mol. The molecule has 0 spiro atoms. The zero-order chi connectivity index (χ0) is 21.8. The van der Waals surface area contributed by atoms with Crippen LogP contribution >= 0.6 is 11.8 Å². The number of aryl methyl sites for hydroxylation is 2. The molecule has 1 heterocycles. The molecular weight excluding hydrogens is 406 g/mol. The highest BCUT2D eigenvalue weighted by molar-refractivity contribution is 7.99. The van der Waals surface area contributed by atoms with E-state index in [2.05, 4.69) is 35.4 Å². The fourth-order valence-corrected chi connectivity index (χ4v) is 4.25. The number of rotatable bonds is 6. The van der Waals surface area contributed by atoms with Crippen LogP contribution in [0, 0.1) is 13.8 Å². The second kappa shape index (κ2) is 9.18. The van der Waals surface area contributed by atoms with Gasteiger partial charge in [0.1, 0.15) is 5.75 Å². The molecule has 1 N–H and O–H groups in total. The van der Waals surface area contributed by atoms with Crippen molar-refractivity contribution in [1.82, 2.24) is 10.4 Å². The Hall–Kier alpha value is -3.38. The van der Waals surface area contributed by atoms with Crippen LogP contribution in [-0.4, -0.2) is 30.0 Å². The number of aromatic nitrogens is 1. The molecule has 0 saturated carbocycles. The molecule has 6 heteroatoms. The molecule has 0 radical (unpaired) electrons. The zero-order valence-corrected chi connectivity index (χ0v) is 18.5. The lowest BCUT2D eigenvalue weighted by molar-refractivity contribution is -0.118. The second-order valence-corrected chi connectivity index (χ2v) is 8.28. The highest BCUT2D eigenvalue weighted by atomic mass is 32.2. The Kier molecular flexibility index (Phi) is 6.18. The van der Waals surface area contributed by atoms with E-state index in [4.69, 9.17) is 4.74 Å². The molecule has 0 bridgehead atoms. The average molecular weight is 430 g/mol. The van der Waals surface area contributed by atoms with Gasteiger partial charge in [-0.05, 0) is 54.4 Å². The number of thioether (sulfide) groups is 1. The third-order valence-corrected chi connectivity index (χ3v) is 5.94. The van der Waals surface area contributed by atoms with Gasteiger partial charge < -0.3 is 4.74 Å². The molecule has 0 saturated heterocycles. The molecule has 4 aromatic rings. The van der Waals surface area contributed by atoms with Crippen LogP contribution in [0.4, 0.5) is 0 Å². The number of carbonyl (C=O) groups excluding carboxylic acids is 1. The molecule has 0 aliphatic heterocycles. The molecule has 0 atom stereocenters. The quantitative estimate of drug-likeness (QED) is 0.258. The third kappa shape index (κ3) is 4.70. The topological polar surface area (TPSA) is 63.6 Å². The summed E-state index contributed by atoms with van der Waals surface area (Å²) in [6.45, 7) is 4.13. The van der Waals surface area contributed by atoms with Gasteiger partial charge in [-0.15, -0.1) is 0 Å². The third-order valence-electron chi connectivity index (χ3n) is 5.03. The van der Waals surface area contributed by atoms with Crippen molar-refractivity contribution in [2.45, 2.75) is 18.9 Å². The number of pyridine rings is 1. The van der Waals surface area contributed by atoms with Crippen molar-refractivity contribution in [2.75, 3.05) is 12.9 Å². The van der Waals surface area contributed by atoms with E-state index in [1.165, 1.54) is 17.3 Å². The van der Waals surface area contributed by atoms with Crippen molar-refractivity contribution in [2.24, 2.45) is 5.10 Å². The van der Waals surface area contributed by atoms with Crippen LogP contribution in [0.1, 0.15) is 16.7 Å². The van der Waals surface area contributed by atoms with E-state index in [0.29, 0.717) is 5.75 Å². The fraction of sp³-hybridized carbons (Fsp3) is 0.160. The molecule has 1 amide bonds. The number of fused-ring (bicyclic) bond motifs is 2. The van der Waals surface area contributed by atoms with Crippen LogP contribution in [0.2, 0.25) is 0 Å². The van der Waals surface area contributed by atoms with Crippen LogP contribution in [0.3, 0.4) is 0 Å². The summed E-state index contributed by atoms with van der Waals surface area (Å²) in [4.78, 5) is 17.0. The first-order valence-electron chi connectivity index (χ1n) is 9.93. The lowest BCUT2D eigenvalue weighted by Gasteiger charge is -2.08. The molecule has 3 aromatic carbocycles. The van der Waals surface area contributed by atoms with Crippen LogP contribution in [-0.2, 0) is 4.79 Å². The lowest BCUT2D eigenvalue weighted by Crippen LogP contribution is -2.19. The number of carbonyl (C=O) groups is 1. The number of hydrogen-bond donors (Lipinski definition) is 1. The van der Waals surface area contributed by atoms with E-state index < -0.39 is 0 Å². The normalized spacial score (nSPS) is 11.3.